The SMILES string of the molecule is c1ccc(-c2nc(-c3ccccc3)nc(-n3c4ccccc4c4cc(-c5ccc6c7ccccc7n(-c7cccc8c7oc7ccccc78)c6c5)ccc43)n2)cc1. The van der Waals surface area contributed by atoms with Gasteiger partial charge in [0.05, 0.1) is 27.8 Å². The average molecular weight is 730 g/mol. The summed E-state index contributed by atoms with van der Waals surface area (Å²) in [4.78, 5) is 15.2. The maximum Gasteiger partial charge on any atom is 0.238 e. The minimum atomic E-state index is 0.576. The molecule has 0 bridgehead atoms. The van der Waals surface area contributed by atoms with E-state index >= 15 is 0 Å². The minimum Gasteiger partial charge on any atom is -0.454 e. The van der Waals surface area contributed by atoms with E-state index in [9.17, 15) is 0 Å². The average Bonchev–Trinajstić information content (AvgIpc) is 3.94. The molecule has 0 saturated heterocycles. The molecule has 0 aliphatic carbocycles. The monoisotopic (exact) mass is 729 g/mol. The highest BCUT2D eigenvalue weighted by molar-refractivity contribution is 6.14. The highest BCUT2D eigenvalue weighted by atomic mass is 16.3. The number of aromatic nitrogens is 5. The number of furan rings is 1. The Kier molecular flexibility index (Phi) is 6.83. The molecule has 57 heavy (non-hydrogen) atoms. The van der Waals surface area contributed by atoms with Crippen LogP contribution in [0.4, 0.5) is 0 Å². The summed E-state index contributed by atoms with van der Waals surface area (Å²) >= 11 is 0. The lowest BCUT2D eigenvalue weighted by Crippen LogP contribution is -2.06. The van der Waals surface area contributed by atoms with Gasteiger partial charge in [0.15, 0.2) is 17.2 Å². The molecule has 266 valence electrons. The zero-order chi connectivity index (χ0) is 37.5. The summed E-state index contributed by atoms with van der Waals surface area (Å²) in [6.07, 6.45) is 0. The molecule has 4 heterocycles. The van der Waals surface area contributed by atoms with E-state index in [2.05, 4.69) is 124 Å². The number of hydrogen-bond donors (Lipinski definition) is 0. The summed E-state index contributed by atoms with van der Waals surface area (Å²) in [5.41, 5.74) is 11.2. The molecule has 6 nitrogen and oxygen atoms in total. The van der Waals surface area contributed by atoms with Gasteiger partial charge in [0.1, 0.15) is 5.58 Å². The molecule has 0 N–H and O–H groups in total. The molecule has 0 atom stereocenters. The second-order valence-electron chi connectivity index (χ2n) is 14.4. The molecule has 8 aromatic carbocycles. The van der Waals surface area contributed by atoms with Crippen molar-refractivity contribution in [3.8, 4) is 45.5 Å². The summed E-state index contributed by atoms with van der Waals surface area (Å²) in [5.74, 6) is 1.83. The van der Waals surface area contributed by atoms with Gasteiger partial charge in [-0.2, -0.15) is 9.97 Å². The Morgan fingerprint density at radius 3 is 1.61 bits per heavy atom. The van der Waals surface area contributed by atoms with E-state index in [1.54, 1.807) is 0 Å². The zero-order valence-corrected chi connectivity index (χ0v) is 30.5. The molecule has 12 aromatic rings. The third-order valence-electron chi connectivity index (χ3n) is 11.2. The standard InChI is InChI=1S/C51H31N5O/c1-3-14-32(15-4-1)49-52-50(33-16-5-2-6-17-33)54-51(53-49)56-43-23-11-8-19-37(43)41-30-34(27-29-44(41)56)35-26-28-38-36-18-7-10-22-42(36)55(46(38)31-35)45-24-13-21-40-39-20-9-12-25-47(39)57-48(40)45/h1-31H. The lowest BCUT2D eigenvalue weighted by atomic mass is 10.0. The van der Waals surface area contributed by atoms with Crippen LogP contribution in [0.1, 0.15) is 0 Å². The number of benzene rings is 8. The first-order valence-corrected chi connectivity index (χ1v) is 19.1. The predicted octanol–water partition coefficient (Wildman–Crippen LogP) is 13.0. The van der Waals surface area contributed by atoms with Gasteiger partial charge in [-0.05, 0) is 53.6 Å². The van der Waals surface area contributed by atoms with Gasteiger partial charge in [-0.15, -0.1) is 0 Å². The Hall–Kier alpha value is -7.83. The Balaban J connectivity index is 1.06. The molecule has 4 aromatic heterocycles. The first kappa shape index (κ1) is 31.5. The van der Waals surface area contributed by atoms with E-state index in [-0.39, 0.29) is 0 Å². The van der Waals surface area contributed by atoms with E-state index in [1.165, 1.54) is 10.8 Å². The van der Waals surface area contributed by atoms with Gasteiger partial charge in [0, 0.05) is 43.4 Å². The van der Waals surface area contributed by atoms with Crippen molar-refractivity contribution in [2.75, 3.05) is 0 Å². The van der Waals surface area contributed by atoms with Gasteiger partial charge < -0.3 is 8.98 Å². The first-order valence-electron chi connectivity index (χ1n) is 19.1. The number of para-hydroxylation sites is 4. The summed E-state index contributed by atoms with van der Waals surface area (Å²) in [6, 6.07) is 65.6. The maximum atomic E-state index is 6.58. The molecule has 0 fully saturated rings. The molecule has 0 unspecified atom stereocenters. The van der Waals surface area contributed by atoms with Crippen LogP contribution >= 0.6 is 0 Å². The van der Waals surface area contributed by atoms with Crippen molar-refractivity contribution >= 4 is 65.6 Å². The molecule has 0 aliphatic rings. The first-order chi connectivity index (χ1) is 28.3. The largest absolute Gasteiger partial charge is 0.454 e. The predicted molar refractivity (Wildman–Crippen MR) is 232 cm³/mol. The molecule has 12 rings (SSSR count). The van der Waals surface area contributed by atoms with Crippen molar-refractivity contribution in [1.82, 2.24) is 24.1 Å². The normalized spacial score (nSPS) is 11.9. The van der Waals surface area contributed by atoms with Crippen LogP contribution in [-0.2, 0) is 0 Å². The second kappa shape index (κ2) is 12.3. The van der Waals surface area contributed by atoms with Crippen molar-refractivity contribution in [2.24, 2.45) is 0 Å². The molecule has 0 radical (unpaired) electrons. The Morgan fingerprint density at radius 1 is 0.333 bits per heavy atom. The van der Waals surface area contributed by atoms with Gasteiger partial charge in [-0.25, -0.2) is 4.98 Å². The van der Waals surface area contributed by atoms with Gasteiger partial charge >= 0.3 is 0 Å². The van der Waals surface area contributed by atoms with Gasteiger partial charge in [0.2, 0.25) is 5.95 Å². The Morgan fingerprint density at radius 2 is 0.877 bits per heavy atom. The van der Waals surface area contributed by atoms with Crippen LogP contribution in [0.2, 0.25) is 0 Å². The molecule has 0 spiro atoms. The molecule has 0 saturated carbocycles. The van der Waals surface area contributed by atoms with Crippen molar-refractivity contribution in [3.05, 3.63) is 188 Å². The van der Waals surface area contributed by atoms with Crippen molar-refractivity contribution in [2.45, 2.75) is 0 Å². The highest BCUT2D eigenvalue weighted by Crippen LogP contribution is 2.40. The number of rotatable bonds is 5. The summed E-state index contributed by atoms with van der Waals surface area (Å²) in [7, 11) is 0. The van der Waals surface area contributed by atoms with Crippen molar-refractivity contribution < 1.29 is 4.42 Å². The lowest BCUT2D eigenvalue weighted by molar-refractivity contribution is 0.666. The topological polar surface area (TPSA) is 61.7 Å². The van der Waals surface area contributed by atoms with Gasteiger partial charge in [-0.3, -0.25) is 4.57 Å². The van der Waals surface area contributed by atoms with Crippen LogP contribution in [0.15, 0.2) is 192 Å². The Bertz CT molecular complexity index is 3470. The third kappa shape index (κ3) is 4.87. The van der Waals surface area contributed by atoms with E-state index < -0.39 is 0 Å². The van der Waals surface area contributed by atoms with Gasteiger partial charge in [0.25, 0.3) is 0 Å². The zero-order valence-electron chi connectivity index (χ0n) is 30.5. The fraction of sp³-hybridized carbons (Fsp3) is 0. The van der Waals surface area contributed by atoms with E-state index in [0.717, 1.165) is 82.7 Å². The Labute approximate surface area is 326 Å². The highest BCUT2D eigenvalue weighted by Gasteiger charge is 2.20. The van der Waals surface area contributed by atoms with Crippen LogP contribution in [0.5, 0.6) is 0 Å². The quantitative estimate of drug-likeness (QED) is 0.177. The number of hydrogen-bond acceptors (Lipinski definition) is 4. The minimum absolute atomic E-state index is 0.576. The van der Waals surface area contributed by atoms with Crippen LogP contribution < -0.4 is 0 Å². The van der Waals surface area contributed by atoms with Crippen molar-refractivity contribution in [1.29, 1.82) is 0 Å². The van der Waals surface area contributed by atoms with E-state index in [4.69, 9.17) is 19.4 Å². The fourth-order valence-corrected chi connectivity index (χ4v) is 8.58. The maximum absolute atomic E-state index is 6.58. The van der Waals surface area contributed by atoms with Crippen LogP contribution in [-0.4, -0.2) is 24.1 Å². The molecular formula is C51H31N5O. The lowest BCUT2D eigenvalue weighted by Gasteiger charge is -2.11. The summed E-state index contributed by atoms with van der Waals surface area (Å²) < 4.78 is 11.1. The number of nitrogens with zero attached hydrogens (tertiary/aromatic N) is 5. The molecule has 0 aliphatic heterocycles. The number of fused-ring (bicyclic) bond motifs is 9. The van der Waals surface area contributed by atoms with Crippen LogP contribution in [0.3, 0.4) is 0 Å². The third-order valence-corrected chi connectivity index (χ3v) is 11.2. The van der Waals surface area contributed by atoms with Crippen LogP contribution in [0, 0.1) is 0 Å². The van der Waals surface area contributed by atoms with Crippen molar-refractivity contribution in [3.63, 3.8) is 0 Å². The molecule has 6 heteroatoms. The summed E-state index contributed by atoms with van der Waals surface area (Å²) in [5, 5.41) is 6.87. The molecular weight excluding hydrogens is 699 g/mol. The van der Waals surface area contributed by atoms with E-state index in [1.807, 2.05) is 72.8 Å². The summed E-state index contributed by atoms with van der Waals surface area (Å²) in [6.45, 7) is 0. The molecule has 0 amide bonds. The van der Waals surface area contributed by atoms with Gasteiger partial charge in [-0.1, -0.05) is 146 Å². The fourth-order valence-electron chi connectivity index (χ4n) is 8.58. The second-order valence-corrected chi connectivity index (χ2v) is 14.4. The smallest absolute Gasteiger partial charge is 0.238 e. The van der Waals surface area contributed by atoms with Crippen LogP contribution in [0.25, 0.3) is 111 Å². The van der Waals surface area contributed by atoms with E-state index in [0.29, 0.717) is 17.6 Å².